The highest BCUT2D eigenvalue weighted by molar-refractivity contribution is 5.72. The van der Waals surface area contributed by atoms with Crippen molar-refractivity contribution in [2.24, 2.45) is 5.73 Å². The zero-order valence-electron chi connectivity index (χ0n) is 11.3. The van der Waals surface area contributed by atoms with Gasteiger partial charge in [-0.1, -0.05) is 24.3 Å². The van der Waals surface area contributed by atoms with E-state index in [-0.39, 0.29) is 0 Å². The van der Waals surface area contributed by atoms with Crippen LogP contribution in [-0.4, -0.2) is 20.8 Å². The van der Waals surface area contributed by atoms with Gasteiger partial charge in [-0.25, -0.2) is 0 Å². The van der Waals surface area contributed by atoms with E-state index in [4.69, 9.17) is 15.2 Å². The molecular formula is C16H19NO2. The van der Waals surface area contributed by atoms with Crippen LogP contribution in [0.2, 0.25) is 0 Å². The molecule has 0 radical (unpaired) electrons. The molecule has 0 aliphatic carbocycles. The Labute approximate surface area is 114 Å². The first kappa shape index (κ1) is 13.4. The lowest BCUT2D eigenvalue weighted by Crippen LogP contribution is -2.02. The zero-order valence-corrected chi connectivity index (χ0v) is 11.3. The first-order valence-corrected chi connectivity index (χ1v) is 6.30. The van der Waals surface area contributed by atoms with Gasteiger partial charge in [0.25, 0.3) is 0 Å². The molecular weight excluding hydrogens is 238 g/mol. The smallest absolute Gasteiger partial charge is 0.126 e. The molecule has 2 aromatic carbocycles. The van der Waals surface area contributed by atoms with E-state index in [0.29, 0.717) is 6.54 Å². The molecule has 2 N–H and O–H groups in total. The van der Waals surface area contributed by atoms with Gasteiger partial charge < -0.3 is 15.2 Å². The number of rotatable bonds is 5. The Morgan fingerprint density at radius 3 is 2.26 bits per heavy atom. The van der Waals surface area contributed by atoms with E-state index in [0.717, 1.165) is 29.0 Å². The van der Waals surface area contributed by atoms with Crippen molar-refractivity contribution in [2.75, 3.05) is 20.8 Å². The van der Waals surface area contributed by atoms with Gasteiger partial charge in [0.15, 0.2) is 0 Å². The summed E-state index contributed by atoms with van der Waals surface area (Å²) in [6.07, 6.45) is 0.898. The second-order valence-corrected chi connectivity index (χ2v) is 4.30. The summed E-state index contributed by atoms with van der Waals surface area (Å²) >= 11 is 0. The van der Waals surface area contributed by atoms with Gasteiger partial charge in [-0.3, -0.25) is 0 Å². The third-order valence-corrected chi connectivity index (χ3v) is 3.10. The standard InChI is InChI=1S/C16H19NO2/c1-18-14-7-8-16(19-2)15(11-14)13-5-3-12(4-6-13)9-10-17/h3-8,11H,9-10,17H2,1-2H3. The quantitative estimate of drug-likeness (QED) is 0.895. The van der Waals surface area contributed by atoms with Crippen LogP contribution >= 0.6 is 0 Å². The van der Waals surface area contributed by atoms with Crippen LogP contribution in [0.25, 0.3) is 11.1 Å². The Morgan fingerprint density at radius 2 is 1.68 bits per heavy atom. The Bertz CT molecular complexity index is 535. The van der Waals surface area contributed by atoms with Crippen molar-refractivity contribution in [1.29, 1.82) is 0 Å². The number of methoxy groups -OCH3 is 2. The van der Waals surface area contributed by atoms with Crippen LogP contribution in [-0.2, 0) is 6.42 Å². The van der Waals surface area contributed by atoms with E-state index in [2.05, 4.69) is 24.3 Å². The van der Waals surface area contributed by atoms with E-state index < -0.39 is 0 Å². The average Bonchev–Trinajstić information content (AvgIpc) is 2.47. The topological polar surface area (TPSA) is 44.5 Å². The lowest BCUT2D eigenvalue weighted by molar-refractivity contribution is 0.404. The van der Waals surface area contributed by atoms with E-state index >= 15 is 0 Å². The monoisotopic (exact) mass is 257 g/mol. The van der Waals surface area contributed by atoms with Crippen molar-refractivity contribution in [2.45, 2.75) is 6.42 Å². The molecule has 19 heavy (non-hydrogen) atoms. The molecule has 2 aromatic rings. The van der Waals surface area contributed by atoms with E-state index in [1.165, 1.54) is 5.56 Å². The highest BCUT2D eigenvalue weighted by Crippen LogP contribution is 2.33. The number of hydrogen-bond acceptors (Lipinski definition) is 3. The van der Waals surface area contributed by atoms with Crippen molar-refractivity contribution >= 4 is 0 Å². The molecule has 3 heteroatoms. The minimum Gasteiger partial charge on any atom is -0.497 e. The van der Waals surface area contributed by atoms with Gasteiger partial charge in [0.05, 0.1) is 14.2 Å². The van der Waals surface area contributed by atoms with Crippen molar-refractivity contribution in [3.8, 4) is 22.6 Å². The predicted octanol–water partition coefficient (Wildman–Crippen LogP) is 2.87. The molecule has 0 fully saturated rings. The Hall–Kier alpha value is -2.00. The molecule has 0 bridgehead atoms. The lowest BCUT2D eigenvalue weighted by Gasteiger charge is -2.11. The molecule has 3 nitrogen and oxygen atoms in total. The maximum atomic E-state index is 5.56. The van der Waals surface area contributed by atoms with Crippen molar-refractivity contribution in [1.82, 2.24) is 0 Å². The summed E-state index contributed by atoms with van der Waals surface area (Å²) in [5.41, 5.74) is 8.94. The second kappa shape index (κ2) is 6.25. The van der Waals surface area contributed by atoms with Crippen molar-refractivity contribution < 1.29 is 9.47 Å². The SMILES string of the molecule is COc1ccc(OC)c(-c2ccc(CCN)cc2)c1. The summed E-state index contributed by atoms with van der Waals surface area (Å²) in [7, 11) is 3.34. The van der Waals surface area contributed by atoms with Crippen molar-refractivity contribution in [3.63, 3.8) is 0 Å². The van der Waals surface area contributed by atoms with Crippen LogP contribution in [0.5, 0.6) is 11.5 Å². The highest BCUT2D eigenvalue weighted by atomic mass is 16.5. The van der Waals surface area contributed by atoms with Crippen LogP contribution in [0, 0.1) is 0 Å². The van der Waals surface area contributed by atoms with Gasteiger partial charge in [-0.2, -0.15) is 0 Å². The second-order valence-electron chi connectivity index (χ2n) is 4.30. The molecule has 0 aromatic heterocycles. The summed E-state index contributed by atoms with van der Waals surface area (Å²) in [6.45, 7) is 0.668. The number of benzene rings is 2. The average molecular weight is 257 g/mol. The fourth-order valence-corrected chi connectivity index (χ4v) is 2.06. The predicted molar refractivity (Wildman–Crippen MR) is 77.7 cm³/mol. The summed E-state index contributed by atoms with van der Waals surface area (Å²) in [4.78, 5) is 0. The first-order chi connectivity index (χ1) is 9.28. The number of hydrogen-bond donors (Lipinski definition) is 1. The third kappa shape index (κ3) is 3.06. The normalized spacial score (nSPS) is 10.3. The summed E-state index contributed by atoms with van der Waals surface area (Å²) in [5.74, 6) is 1.66. The van der Waals surface area contributed by atoms with Crippen molar-refractivity contribution in [3.05, 3.63) is 48.0 Å². The maximum absolute atomic E-state index is 5.56. The van der Waals surface area contributed by atoms with E-state index in [1.54, 1.807) is 14.2 Å². The Kier molecular flexibility index (Phi) is 4.42. The van der Waals surface area contributed by atoms with Gasteiger partial charge in [-0.15, -0.1) is 0 Å². The van der Waals surface area contributed by atoms with Gasteiger partial charge in [0.1, 0.15) is 11.5 Å². The number of ether oxygens (including phenoxy) is 2. The maximum Gasteiger partial charge on any atom is 0.126 e. The Morgan fingerprint density at radius 1 is 0.947 bits per heavy atom. The number of nitrogens with two attached hydrogens (primary N) is 1. The molecule has 100 valence electrons. The molecule has 0 saturated carbocycles. The highest BCUT2D eigenvalue weighted by Gasteiger charge is 2.07. The van der Waals surface area contributed by atoms with Gasteiger partial charge >= 0.3 is 0 Å². The van der Waals surface area contributed by atoms with Crippen LogP contribution in [0.4, 0.5) is 0 Å². The van der Waals surface area contributed by atoms with Gasteiger partial charge in [0.2, 0.25) is 0 Å². The Balaban J connectivity index is 2.38. The minimum atomic E-state index is 0.668. The molecule has 0 heterocycles. The fraction of sp³-hybridized carbons (Fsp3) is 0.250. The third-order valence-electron chi connectivity index (χ3n) is 3.10. The molecule has 0 amide bonds. The summed E-state index contributed by atoms with van der Waals surface area (Å²) in [6, 6.07) is 14.2. The molecule has 0 atom stereocenters. The van der Waals surface area contributed by atoms with Crippen LogP contribution in [0.15, 0.2) is 42.5 Å². The van der Waals surface area contributed by atoms with E-state index in [1.807, 2.05) is 18.2 Å². The summed E-state index contributed by atoms with van der Waals surface area (Å²) < 4.78 is 10.7. The molecule has 0 saturated heterocycles. The van der Waals surface area contributed by atoms with Crippen LogP contribution in [0.3, 0.4) is 0 Å². The lowest BCUT2D eigenvalue weighted by atomic mass is 10.0. The molecule has 0 unspecified atom stereocenters. The minimum absolute atomic E-state index is 0.668. The largest absolute Gasteiger partial charge is 0.497 e. The van der Waals surface area contributed by atoms with E-state index in [9.17, 15) is 0 Å². The fourth-order valence-electron chi connectivity index (χ4n) is 2.06. The molecule has 0 aliphatic rings. The van der Waals surface area contributed by atoms with Gasteiger partial charge in [0, 0.05) is 5.56 Å². The molecule has 2 rings (SSSR count). The first-order valence-electron chi connectivity index (χ1n) is 6.30. The zero-order chi connectivity index (χ0) is 13.7. The van der Waals surface area contributed by atoms with Gasteiger partial charge in [-0.05, 0) is 42.3 Å². The molecule has 0 spiro atoms. The van der Waals surface area contributed by atoms with Crippen LogP contribution < -0.4 is 15.2 Å². The summed E-state index contributed by atoms with van der Waals surface area (Å²) in [5, 5.41) is 0. The van der Waals surface area contributed by atoms with Crippen LogP contribution in [0.1, 0.15) is 5.56 Å². The molecule has 0 aliphatic heterocycles.